The highest BCUT2D eigenvalue weighted by Crippen LogP contribution is 2.21. The lowest BCUT2D eigenvalue weighted by Crippen LogP contribution is -2.35. The van der Waals surface area contributed by atoms with E-state index in [4.69, 9.17) is 0 Å². The van der Waals surface area contributed by atoms with Crippen LogP contribution in [0.15, 0.2) is 36.9 Å². The molecule has 5 heteroatoms. The summed E-state index contributed by atoms with van der Waals surface area (Å²) >= 11 is 0. The van der Waals surface area contributed by atoms with Crippen LogP contribution in [0.4, 0.5) is 4.39 Å². The van der Waals surface area contributed by atoms with Crippen LogP contribution in [-0.4, -0.2) is 34.0 Å². The molecule has 1 aromatic carbocycles. The van der Waals surface area contributed by atoms with Crippen molar-refractivity contribution in [3.8, 4) is 0 Å². The predicted octanol–water partition coefficient (Wildman–Crippen LogP) is 3.07. The Balaban J connectivity index is 1.81. The maximum atomic E-state index is 13.7. The van der Waals surface area contributed by atoms with Crippen molar-refractivity contribution in [2.45, 2.75) is 45.3 Å². The summed E-state index contributed by atoms with van der Waals surface area (Å²) in [4.78, 5) is 10.7. The molecule has 2 aromatic rings. The molecule has 1 fully saturated rings. The number of nitrogens with zero attached hydrogens (tertiary/aromatic N) is 3. The maximum Gasteiger partial charge on any atom is 0.123 e. The summed E-state index contributed by atoms with van der Waals surface area (Å²) < 4.78 is 13.7. The van der Waals surface area contributed by atoms with Gasteiger partial charge in [0.25, 0.3) is 0 Å². The molecule has 0 aliphatic carbocycles. The van der Waals surface area contributed by atoms with E-state index in [9.17, 15) is 4.39 Å². The van der Waals surface area contributed by atoms with E-state index < -0.39 is 0 Å². The van der Waals surface area contributed by atoms with Gasteiger partial charge in [0.15, 0.2) is 0 Å². The molecule has 2 heterocycles. The van der Waals surface area contributed by atoms with E-state index in [1.807, 2.05) is 25.4 Å². The summed E-state index contributed by atoms with van der Waals surface area (Å²) in [6, 6.07) is 5.55. The fraction of sp³-hybridized carbons (Fsp3) is 0.474. The summed E-state index contributed by atoms with van der Waals surface area (Å²) in [5.74, 6) is -0.166. The minimum Gasteiger partial charge on any atom is -0.317 e. The Bertz CT molecular complexity index is 639. The second kappa shape index (κ2) is 8.31. The van der Waals surface area contributed by atoms with Crippen LogP contribution < -0.4 is 5.32 Å². The molecule has 0 saturated carbocycles. The molecule has 1 unspecified atom stereocenters. The third-order valence-corrected chi connectivity index (χ3v) is 4.75. The maximum absolute atomic E-state index is 13.7. The molecule has 0 radical (unpaired) electrons. The van der Waals surface area contributed by atoms with Gasteiger partial charge in [0.1, 0.15) is 12.1 Å². The summed E-state index contributed by atoms with van der Waals surface area (Å²) in [6.07, 6.45) is 8.74. The van der Waals surface area contributed by atoms with Crippen LogP contribution in [0.25, 0.3) is 0 Å². The van der Waals surface area contributed by atoms with E-state index in [1.165, 1.54) is 12.5 Å². The number of halogens is 1. The number of hydrogen-bond donors (Lipinski definition) is 1. The number of benzene rings is 1. The minimum atomic E-state index is -0.166. The van der Waals surface area contributed by atoms with E-state index in [2.05, 4.69) is 20.2 Å². The highest BCUT2D eigenvalue weighted by Gasteiger charge is 2.21. The molecule has 1 atom stereocenters. The van der Waals surface area contributed by atoms with E-state index >= 15 is 0 Å². The molecule has 0 spiro atoms. The Labute approximate surface area is 143 Å². The zero-order valence-corrected chi connectivity index (χ0v) is 14.2. The van der Waals surface area contributed by atoms with Crippen LogP contribution in [0.1, 0.15) is 36.0 Å². The highest BCUT2D eigenvalue weighted by atomic mass is 19.1. The number of nitrogens with one attached hydrogen (secondary N) is 1. The molecular formula is C19H25FN4. The van der Waals surface area contributed by atoms with E-state index in [-0.39, 0.29) is 5.82 Å². The van der Waals surface area contributed by atoms with Crippen LogP contribution in [-0.2, 0) is 13.1 Å². The van der Waals surface area contributed by atoms with Gasteiger partial charge in [-0.15, -0.1) is 0 Å². The normalized spacial score (nSPS) is 18.5. The zero-order chi connectivity index (χ0) is 16.8. The Kier molecular flexibility index (Phi) is 5.88. The van der Waals surface area contributed by atoms with Crippen molar-refractivity contribution in [1.29, 1.82) is 0 Å². The van der Waals surface area contributed by atoms with Crippen LogP contribution in [0, 0.1) is 12.7 Å². The lowest BCUT2D eigenvalue weighted by atomic mass is 10.0. The van der Waals surface area contributed by atoms with Crippen LogP contribution in [0.2, 0.25) is 0 Å². The molecule has 1 aliphatic rings. The molecule has 0 amide bonds. The van der Waals surface area contributed by atoms with Gasteiger partial charge in [-0.1, -0.05) is 6.07 Å². The summed E-state index contributed by atoms with van der Waals surface area (Å²) in [7, 11) is 0. The predicted molar refractivity (Wildman–Crippen MR) is 92.9 cm³/mol. The van der Waals surface area contributed by atoms with Crippen molar-refractivity contribution in [3.63, 3.8) is 0 Å². The average Bonchev–Trinajstić information content (AvgIpc) is 2.88. The molecule has 1 aromatic heterocycles. The minimum absolute atomic E-state index is 0.166. The second-order valence-electron chi connectivity index (χ2n) is 6.56. The first-order valence-corrected chi connectivity index (χ1v) is 8.66. The topological polar surface area (TPSA) is 41.1 Å². The van der Waals surface area contributed by atoms with Crippen molar-refractivity contribution in [1.82, 2.24) is 20.2 Å². The van der Waals surface area contributed by atoms with Gasteiger partial charge in [-0.25, -0.2) is 14.4 Å². The van der Waals surface area contributed by atoms with Crippen LogP contribution in [0.3, 0.4) is 0 Å². The molecule has 3 rings (SSSR count). The van der Waals surface area contributed by atoms with Crippen molar-refractivity contribution >= 4 is 0 Å². The number of rotatable bonds is 5. The third-order valence-electron chi connectivity index (χ3n) is 4.75. The van der Waals surface area contributed by atoms with E-state index in [0.29, 0.717) is 6.04 Å². The van der Waals surface area contributed by atoms with Crippen molar-refractivity contribution in [3.05, 3.63) is 59.4 Å². The zero-order valence-electron chi connectivity index (χ0n) is 14.2. The van der Waals surface area contributed by atoms with Gasteiger partial charge in [-0.05, 0) is 62.5 Å². The summed E-state index contributed by atoms with van der Waals surface area (Å²) in [5, 5.41) is 3.47. The molecule has 0 bridgehead atoms. The standard InChI is InChI=1S/C19H25FN4/c1-15-4-5-18(20)9-17(15)13-24(12-16-10-22-14-23-11-16)19-3-2-7-21-8-6-19/h4-5,9-11,14,19,21H,2-3,6-8,12-13H2,1H3. The van der Waals surface area contributed by atoms with Crippen LogP contribution >= 0.6 is 0 Å². The van der Waals surface area contributed by atoms with Gasteiger partial charge in [-0.2, -0.15) is 0 Å². The fourth-order valence-corrected chi connectivity index (χ4v) is 3.36. The summed E-state index contributed by atoms with van der Waals surface area (Å²) in [5.41, 5.74) is 3.30. The van der Waals surface area contributed by atoms with Crippen molar-refractivity contribution in [2.24, 2.45) is 0 Å². The Morgan fingerprint density at radius 1 is 1.17 bits per heavy atom. The molecule has 1 saturated heterocycles. The third kappa shape index (κ3) is 4.58. The van der Waals surface area contributed by atoms with Gasteiger partial charge in [-0.3, -0.25) is 4.90 Å². The van der Waals surface area contributed by atoms with Gasteiger partial charge in [0.2, 0.25) is 0 Å². The highest BCUT2D eigenvalue weighted by molar-refractivity contribution is 5.26. The Morgan fingerprint density at radius 3 is 2.83 bits per heavy atom. The van der Waals surface area contributed by atoms with Crippen molar-refractivity contribution < 1.29 is 4.39 Å². The van der Waals surface area contributed by atoms with Gasteiger partial charge >= 0.3 is 0 Å². The van der Waals surface area contributed by atoms with Crippen molar-refractivity contribution in [2.75, 3.05) is 13.1 Å². The SMILES string of the molecule is Cc1ccc(F)cc1CN(Cc1cncnc1)C1CCCNCC1. The monoisotopic (exact) mass is 328 g/mol. The van der Waals surface area contributed by atoms with E-state index in [1.54, 1.807) is 12.4 Å². The Morgan fingerprint density at radius 2 is 2.00 bits per heavy atom. The second-order valence-corrected chi connectivity index (χ2v) is 6.56. The first kappa shape index (κ1) is 17.0. The average molecular weight is 328 g/mol. The largest absolute Gasteiger partial charge is 0.317 e. The first-order chi connectivity index (χ1) is 11.7. The number of aromatic nitrogens is 2. The van der Waals surface area contributed by atoms with Gasteiger partial charge < -0.3 is 5.32 Å². The summed E-state index contributed by atoms with van der Waals surface area (Å²) in [6.45, 7) is 5.71. The lowest BCUT2D eigenvalue weighted by Gasteiger charge is -2.31. The Hall–Kier alpha value is -1.85. The lowest BCUT2D eigenvalue weighted by molar-refractivity contribution is 0.163. The van der Waals surface area contributed by atoms with Gasteiger partial charge in [0, 0.05) is 37.1 Å². The van der Waals surface area contributed by atoms with Gasteiger partial charge in [0.05, 0.1) is 0 Å². The smallest absolute Gasteiger partial charge is 0.123 e. The molecule has 128 valence electrons. The fourth-order valence-electron chi connectivity index (χ4n) is 3.36. The molecular weight excluding hydrogens is 303 g/mol. The molecule has 1 N–H and O–H groups in total. The number of hydrogen-bond acceptors (Lipinski definition) is 4. The van der Waals surface area contributed by atoms with E-state index in [0.717, 1.165) is 55.7 Å². The molecule has 24 heavy (non-hydrogen) atoms. The number of aryl methyl sites for hydroxylation is 1. The first-order valence-electron chi connectivity index (χ1n) is 8.66. The molecule has 1 aliphatic heterocycles. The van der Waals surface area contributed by atoms with Crippen LogP contribution in [0.5, 0.6) is 0 Å². The quantitative estimate of drug-likeness (QED) is 0.916. The molecule has 4 nitrogen and oxygen atoms in total.